The predicted octanol–water partition coefficient (Wildman–Crippen LogP) is 4.04. The van der Waals surface area contributed by atoms with E-state index < -0.39 is 0 Å². The number of carbonyl (C=O) groups excluding carboxylic acids is 2. The van der Waals surface area contributed by atoms with Gasteiger partial charge in [0.05, 0.1) is 23.6 Å². The second-order valence-electron chi connectivity index (χ2n) is 5.78. The maximum Gasteiger partial charge on any atom is 0.234 e. The van der Waals surface area contributed by atoms with Crippen LogP contribution in [0.5, 0.6) is 0 Å². The second kappa shape index (κ2) is 7.31. The lowest BCUT2D eigenvalue weighted by atomic mass is 10.2. The Morgan fingerprint density at radius 3 is 2.88 bits per heavy atom. The van der Waals surface area contributed by atoms with Crippen LogP contribution in [0.3, 0.4) is 0 Å². The first-order chi connectivity index (χ1) is 12.7. The van der Waals surface area contributed by atoms with Crippen LogP contribution in [0.25, 0.3) is 10.6 Å². The Morgan fingerprint density at radius 2 is 2.04 bits per heavy atom. The van der Waals surface area contributed by atoms with Gasteiger partial charge in [0, 0.05) is 21.5 Å². The molecule has 4 rings (SSSR count). The number of fused-ring (bicyclic) bond motifs is 1. The van der Waals surface area contributed by atoms with E-state index in [0.717, 1.165) is 26.8 Å². The molecule has 0 saturated heterocycles. The van der Waals surface area contributed by atoms with Crippen LogP contribution in [-0.2, 0) is 16.0 Å². The first-order valence-electron chi connectivity index (χ1n) is 8.04. The van der Waals surface area contributed by atoms with E-state index in [4.69, 9.17) is 0 Å². The zero-order valence-corrected chi connectivity index (χ0v) is 15.3. The van der Waals surface area contributed by atoms with E-state index in [9.17, 15) is 9.59 Å². The lowest BCUT2D eigenvalue weighted by Crippen LogP contribution is -2.19. The van der Waals surface area contributed by atoms with Gasteiger partial charge in [-0.25, -0.2) is 4.98 Å². The molecule has 0 atom stereocenters. The normalized spacial score (nSPS) is 13.0. The van der Waals surface area contributed by atoms with Gasteiger partial charge in [-0.15, -0.1) is 23.1 Å². The Balaban J connectivity index is 1.42. The Kier molecular flexibility index (Phi) is 4.73. The number of nitrogens with one attached hydrogen (secondary N) is 2. The molecule has 0 bridgehead atoms. The Hall–Kier alpha value is -2.64. The number of rotatable bonds is 4. The van der Waals surface area contributed by atoms with Gasteiger partial charge in [0.15, 0.2) is 0 Å². The fourth-order valence-corrected chi connectivity index (χ4v) is 4.25. The number of thiazole rings is 1. The molecule has 0 unspecified atom stereocenters. The summed E-state index contributed by atoms with van der Waals surface area (Å²) in [7, 11) is 0. The highest BCUT2D eigenvalue weighted by molar-refractivity contribution is 8.00. The number of anilines is 2. The summed E-state index contributed by atoms with van der Waals surface area (Å²) in [5.41, 5.74) is 3.19. The van der Waals surface area contributed by atoms with E-state index in [1.165, 1.54) is 23.1 Å². The molecular weight excluding hydrogens is 366 g/mol. The summed E-state index contributed by atoms with van der Waals surface area (Å²) in [5, 5.41) is 8.51. The van der Waals surface area contributed by atoms with E-state index in [2.05, 4.69) is 15.6 Å². The van der Waals surface area contributed by atoms with Crippen molar-refractivity contribution < 1.29 is 9.59 Å². The molecule has 1 aliphatic heterocycles. The van der Waals surface area contributed by atoms with Gasteiger partial charge >= 0.3 is 0 Å². The van der Waals surface area contributed by atoms with Crippen LogP contribution >= 0.6 is 23.1 Å². The van der Waals surface area contributed by atoms with Crippen molar-refractivity contribution in [2.45, 2.75) is 11.3 Å². The maximum atomic E-state index is 12.3. The Morgan fingerprint density at radius 1 is 1.19 bits per heavy atom. The molecular formula is C19H15N3O2S2. The quantitative estimate of drug-likeness (QED) is 0.716. The van der Waals surface area contributed by atoms with Crippen LogP contribution in [0, 0.1) is 0 Å². The van der Waals surface area contributed by atoms with E-state index in [0.29, 0.717) is 11.4 Å². The molecule has 130 valence electrons. The van der Waals surface area contributed by atoms with Gasteiger partial charge in [-0.1, -0.05) is 30.3 Å². The van der Waals surface area contributed by atoms with Gasteiger partial charge in [0.25, 0.3) is 0 Å². The van der Waals surface area contributed by atoms with E-state index >= 15 is 0 Å². The maximum absolute atomic E-state index is 12.3. The number of aromatic nitrogens is 1. The lowest BCUT2D eigenvalue weighted by molar-refractivity contribution is -0.115. The first-order valence-corrected chi connectivity index (χ1v) is 9.90. The van der Waals surface area contributed by atoms with Crippen molar-refractivity contribution >= 4 is 46.3 Å². The number of nitrogens with zero attached hydrogens (tertiary/aromatic N) is 1. The summed E-state index contributed by atoms with van der Waals surface area (Å²) < 4.78 is 0. The molecule has 2 amide bonds. The van der Waals surface area contributed by atoms with Gasteiger partial charge in [-0.05, 0) is 18.2 Å². The van der Waals surface area contributed by atoms with Crippen molar-refractivity contribution in [3.05, 3.63) is 59.6 Å². The molecule has 2 N–H and O–H groups in total. The van der Waals surface area contributed by atoms with Gasteiger partial charge in [-0.2, -0.15) is 0 Å². The summed E-state index contributed by atoms with van der Waals surface area (Å²) in [5.74, 6) is 0.262. The van der Waals surface area contributed by atoms with Crippen molar-refractivity contribution in [2.75, 3.05) is 16.4 Å². The van der Waals surface area contributed by atoms with Gasteiger partial charge in [0.2, 0.25) is 11.8 Å². The summed E-state index contributed by atoms with van der Waals surface area (Å²) in [6.07, 6.45) is 0.210. The first kappa shape index (κ1) is 16.8. The van der Waals surface area contributed by atoms with Crippen molar-refractivity contribution in [3.63, 3.8) is 0 Å². The molecule has 0 spiro atoms. The topological polar surface area (TPSA) is 71.1 Å². The van der Waals surface area contributed by atoms with Crippen molar-refractivity contribution in [2.24, 2.45) is 0 Å². The number of hydrogen-bond acceptors (Lipinski definition) is 5. The molecule has 0 fully saturated rings. The van der Waals surface area contributed by atoms with Crippen LogP contribution in [0.4, 0.5) is 11.4 Å². The highest BCUT2D eigenvalue weighted by Gasteiger charge is 2.16. The average molecular weight is 381 g/mol. The lowest BCUT2D eigenvalue weighted by Gasteiger charge is -2.17. The molecule has 2 aromatic carbocycles. The molecule has 5 nitrogen and oxygen atoms in total. The Labute approximate surface area is 158 Å². The molecule has 0 aliphatic carbocycles. The Bertz CT molecular complexity index is 970. The van der Waals surface area contributed by atoms with Crippen molar-refractivity contribution in [1.82, 2.24) is 4.98 Å². The van der Waals surface area contributed by atoms with Crippen LogP contribution in [0.1, 0.15) is 5.69 Å². The third-order valence-corrected chi connectivity index (χ3v) is 5.82. The minimum absolute atomic E-state index is 0.0260. The van der Waals surface area contributed by atoms with Gasteiger partial charge in [0.1, 0.15) is 5.01 Å². The largest absolute Gasteiger partial charge is 0.326 e. The molecule has 2 heterocycles. The second-order valence-corrected chi connectivity index (χ2v) is 7.66. The molecule has 0 radical (unpaired) electrons. The van der Waals surface area contributed by atoms with Gasteiger partial charge in [-0.3, -0.25) is 9.59 Å². The monoisotopic (exact) mass is 381 g/mol. The number of benzene rings is 2. The summed E-state index contributed by atoms with van der Waals surface area (Å²) in [6, 6.07) is 15.4. The fraction of sp³-hybridized carbons (Fsp3) is 0.105. The van der Waals surface area contributed by atoms with Crippen LogP contribution < -0.4 is 10.6 Å². The number of amides is 2. The fourth-order valence-electron chi connectivity index (χ4n) is 2.63. The molecule has 1 aliphatic rings. The summed E-state index contributed by atoms with van der Waals surface area (Å²) in [4.78, 5) is 29.4. The molecule has 7 heteroatoms. The number of hydrogen-bond donors (Lipinski definition) is 2. The minimum atomic E-state index is -0.135. The smallest absolute Gasteiger partial charge is 0.234 e. The standard InChI is InChI=1S/C19H15N3O2S2/c23-17(9-14-10-26-19(21-14)12-4-2-1-3-5-12)20-13-6-7-16-15(8-13)22-18(24)11-25-16/h1-8,10H,9,11H2,(H,20,23)(H,22,24). The molecule has 1 aromatic heterocycles. The third kappa shape index (κ3) is 3.79. The molecule has 0 saturated carbocycles. The minimum Gasteiger partial charge on any atom is -0.326 e. The van der Waals surface area contributed by atoms with Gasteiger partial charge < -0.3 is 10.6 Å². The summed E-state index contributed by atoms with van der Waals surface area (Å²) in [6.45, 7) is 0. The van der Waals surface area contributed by atoms with Crippen molar-refractivity contribution in [1.29, 1.82) is 0 Å². The number of carbonyl (C=O) groups is 2. The number of thioether (sulfide) groups is 1. The molecule has 3 aromatic rings. The van der Waals surface area contributed by atoms with Crippen LogP contribution in [0.2, 0.25) is 0 Å². The van der Waals surface area contributed by atoms with Crippen molar-refractivity contribution in [3.8, 4) is 10.6 Å². The van der Waals surface area contributed by atoms with Crippen LogP contribution in [-0.4, -0.2) is 22.6 Å². The van der Waals surface area contributed by atoms with E-state index in [1.807, 2.05) is 47.8 Å². The zero-order valence-electron chi connectivity index (χ0n) is 13.7. The average Bonchev–Trinajstić information content (AvgIpc) is 3.10. The van der Waals surface area contributed by atoms with E-state index in [-0.39, 0.29) is 18.2 Å². The zero-order chi connectivity index (χ0) is 17.9. The highest BCUT2D eigenvalue weighted by atomic mass is 32.2. The predicted molar refractivity (Wildman–Crippen MR) is 106 cm³/mol. The third-order valence-electron chi connectivity index (χ3n) is 3.81. The summed E-state index contributed by atoms with van der Waals surface area (Å²) >= 11 is 3.02. The van der Waals surface area contributed by atoms with E-state index in [1.54, 1.807) is 6.07 Å². The SMILES string of the molecule is O=C(Cc1csc(-c2ccccc2)n1)Nc1ccc2c(c1)NC(=O)CS2. The highest BCUT2D eigenvalue weighted by Crippen LogP contribution is 2.33. The molecule has 26 heavy (non-hydrogen) atoms. The van der Waals surface area contributed by atoms with Crippen LogP contribution in [0.15, 0.2) is 58.8 Å².